The Kier molecular flexibility index (Phi) is 4.76. The van der Waals surface area contributed by atoms with Crippen molar-refractivity contribution in [1.29, 1.82) is 0 Å². The molecule has 0 fully saturated rings. The second-order valence-electron chi connectivity index (χ2n) is 7.59. The molecule has 168 valence electrons. The Bertz CT molecular complexity index is 1490. The second kappa shape index (κ2) is 7.54. The quantitative estimate of drug-likeness (QED) is 0.376. The molecule has 0 radical (unpaired) electrons. The zero-order chi connectivity index (χ0) is 23.4. The van der Waals surface area contributed by atoms with Gasteiger partial charge in [-0.3, -0.25) is 4.79 Å². The standard InChI is InChI=1S/C23H16F2N2O6/c24-11-3-5-14(25)10(8-11)9-27-15-6-4-13-19(28)23(32)33-20(13)17(15)16(18(27)22(30)31)12-2-1-7-26-21(12)29/h1-8,19,23,28,32H,9H2,(H,26,29)(H,30,31). The highest BCUT2D eigenvalue weighted by atomic mass is 19.1. The van der Waals surface area contributed by atoms with Crippen molar-refractivity contribution in [3.05, 3.63) is 87.5 Å². The summed E-state index contributed by atoms with van der Waals surface area (Å²) in [6.45, 7) is -0.365. The number of pyridine rings is 1. The zero-order valence-corrected chi connectivity index (χ0v) is 16.8. The summed E-state index contributed by atoms with van der Waals surface area (Å²) in [5.41, 5.74) is -0.667. The average molecular weight is 454 g/mol. The zero-order valence-electron chi connectivity index (χ0n) is 16.8. The largest absolute Gasteiger partial charge is 0.477 e. The van der Waals surface area contributed by atoms with Crippen LogP contribution in [-0.4, -0.2) is 37.1 Å². The smallest absolute Gasteiger partial charge is 0.353 e. The van der Waals surface area contributed by atoms with Gasteiger partial charge in [-0.05, 0) is 36.4 Å². The Morgan fingerprint density at radius 1 is 1.15 bits per heavy atom. The number of fused-ring (bicyclic) bond motifs is 3. The number of benzene rings is 2. The number of carbonyl (C=O) groups is 1. The molecule has 2 atom stereocenters. The Balaban J connectivity index is 1.90. The molecular weight excluding hydrogens is 438 g/mol. The lowest BCUT2D eigenvalue weighted by atomic mass is 9.99. The predicted octanol–water partition coefficient (Wildman–Crippen LogP) is 2.77. The average Bonchev–Trinajstić information content (AvgIpc) is 3.25. The number of H-pyrrole nitrogens is 1. The van der Waals surface area contributed by atoms with E-state index in [0.29, 0.717) is 0 Å². The molecule has 0 saturated carbocycles. The topological polar surface area (TPSA) is 125 Å². The molecule has 2 unspecified atom stereocenters. The van der Waals surface area contributed by atoms with Crippen LogP contribution in [0, 0.1) is 11.6 Å². The number of carboxylic acids is 1. The van der Waals surface area contributed by atoms with E-state index in [9.17, 15) is 33.7 Å². The van der Waals surface area contributed by atoms with Gasteiger partial charge in [0.15, 0.2) is 0 Å². The Hall–Kier alpha value is -4.02. The molecule has 0 aliphatic carbocycles. The van der Waals surface area contributed by atoms with E-state index >= 15 is 0 Å². The molecule has 0 spiro atoms. The first kappa shape index (κ1) is 20.9. The van der Waals surface area contributed by atoms with Crippen molar-refractivity contribution in [3.63, 3.8) is 0 Å². The number of ether oxygens (including phenoxy) is 1. The van der Waals surface area contributed by atoms with Gasteiger partial charge in [0.25, 0.3) is 5.56 Å². The van der Waals surface area contributed by atoms with Gasteiger partial charge >= 0.3 is 5.97 Å². The Labute approximate surface area is 183 Å². The van der Waals surface area contributed by atoms with E-state index in [0.717, 1.165) is 18.2 Å². The third-order valence-electron chi connectivity index (χ3n) is 5.67. The van der Waals surface area contributed by atoms with Crippen LogP contribution in [0.25, 0.3) is 22.0 Å². The van der Waals surface area contributed by atoms with Gasteiger partial charge in [0, 0.05) is 22.9 Å². The number of aromatic carboxylic acids is 1. The second-order valence-corrected chi connectivity index (χ2v) is 7.59. The summed E-state index contributed by atoms with van der Waals surface area (Å²) in [6, 6.07) is 8.68. The normalized spacial score (nSPS) is 17.2. The molecule has 4 aromatic rings. The number of rotatable bonds is 4. The van der Waals surface area contributed by atoms with Gasteiger partial charge in [0.1, 0.15) is 29.2 Å². The van der Waals surface area contributed by atoms with Crippen molar-refractivity contribution < 1.29 is 33.6 Å². The summed E-state index contributed by atoms with van der Waals surface area (Å²) in [5.74, 6) is -2.85. The van der Waals surface area contributed by atoms with E-state index in [4.69, 9.17) is 4.74 Å². The summed E-state index contributed by atoms with van der Waals surface area (Å²) in [5, 5.41) is 30.5. The maximum absolute atomic E-state index is 14.4. The first-order valence-electron chi connectivity index (χ1n) is 9.85. The number of aromatic amines is 1. The van der Waals surface area contributed by atoms with Crippen LogP contribution in [0.1, 0.15) is 27.7 Å². The number of carboxylic acid groups (broad SMARTS) is 1. The van der Waals surface area contributed by atoms with Crippen molar-refractivity contribution >= 4 is 16.9 Å². The summed E-state index contributed by atoms with van der Waals surface area (Å²) in [7, 11) is 0. The summed E-state index contributed by atoms with van der Waals surface area (Å²) in [6.07, 6.45) is -1.60. The number of aliphatic hydroxyl groups excluding tert-OH is 2. The van der Waals surface area contributed by atoms with E-state index in [1.165, 1.54) is 35.0 Å². The molecule has 2 aromatic heterocycles. The van der Waals surface area contributed by atoms with Crippen molar-refractivity contribution in [2.24, 2.45) is 0 Å². The molecule has 0 saturated heterocycles. The SMILES string of the molecule is O=C(O)c1c(-c2ccc[nH]c2=O)c2c3c(ccc2n1Cc1cc(F)ccc1F)C(O)C(O)O3. The highest BCUT2D eigenvalue weighted by Gasteiger charge is 2.37. The van der Waals surface area contributed by atoms with Crippen molar-refractivity contribution in [1.82, 2.24) is 9.55 Å². The number of nitrogens with zero attached hydrogens (tertiary/aromatic N) is 1. The molecule has 10 heteroatoms. The molecule has 2 aromatic carbocycles. The number of hydrogen-bond donors (Lipinski definition) is 4. The lowest BCUT2D eigenvalue weighted by Gasteiger charge is -2.10. The number of aromatic nitrogens is 2. The highest BCUT2D eigenvalue weighted by Crippen LogP contribution is 2.47. The summed E-state index contributed by atoms with van der Waals surface area (Å²) < 4.78 is 34.9. The number of aliphatic hydroxyl groups is 2. The molecule has 5 rings (SSSR count). The molecule has 8 nitrogen and oxygen atoms in total. The van der Waals surface area contributed by atoms with Gasteiger partial charge in [0.05, 0.1) is 23.0 Å². The fourth-order valence-corrected chi connectivity index (χ4v) is 4.23. The van der Waals surface area contributed by atoms with Crippen molar-refractivity contribution in [2.75, 3.05) is 0 Å². The predicted molar refractivity (Wildman–Crippen MR) is 112 cm³/mol. The molecule has 0 bridgehead atoms. The van der Waals surface area contributed by atoms with Gasteiger partial charge in [-0.25, -0.2) is 13.6 Å². The molecule has 0 amide bonds. The lowest BCUT2D eigenvalue weighted by molar-refractivity contribution is -0.0822. The summed E-state index contributed by atoms with van der Waals surface area (Å²) in [4.78, 5) is 27.5. The van der Waals surface area contributed by atoms with Crippen molar-refractivity contribution in [3.8, 4) is 16.9 Å². The summed E-state index contributed by atoms with van der Waals surface area (Å²) >= 11 is 0. The molecule has 33 heavy (non-hydrogen) atoms. The molecule has 1 aliphatic heterocycles. The fourth-order valence-electron chi connectivity index (χ4n) is 4.23. The van der Waals surface area contributed by atoms with Gasteiger partial charge in [0.2, 0.25) is 6.29 Å². The Morgan fingerprint density at radius 2 is 1.94 bits per heavy atom. The first-order chi connectivity index (χ1) is 15.8. The maximum Gasteiger partial charge on any atom is 0.353 e. The number of hydrogen-bond acceptors (Lipinski definition) is 5. The van der Waals surface area contributed by atoms with E-state index < -0.39 is 35.6 Å². The highest BCUT2D eigenvalue weighted by molar-refractivity contribution is 6.11. The van der Waals surface area contributed by atoms with E-state index in [-0.39, 0.29) is 51.1 Å². The minimum atomic E-state index is -1.59. The molecule has 1 aliphatic rings. The van der Waals surface area contributed by atoms with Crippen LogP contribution in [0.5, 0.6) is 5.75 Å². The van der Waals surface area contributed by atoms with Crippen LogP contribution in [0.15, 0.2) is 53.5 Å². The fraction of sp³-hybridized carbons (Fsp3) is 0.130. The monoisotopic (exact) mass is 454 g/mol. The van der Waals surface area contributed by atoms with E-state index in [1.54, 1.807) is 0 Å². The van der Waals surface area contributed by atoms with Gasteiger partial charge in [-0.2, -0.15) is 0 Å². The van der Waals surface area contributed by atoms with Crippen LogP contribution >= 0.6 is 0 Å². The van der Waals surface area contributed by atoms with Crippen molar-refractivity contribution in [2.45, 2.75) is 18.9 Å². The minimum absolute atomic E-state index is 0.00622. The number of halogens is 2. The molecular formula is C23H16F2N2O6. The maximum atomic E-state index is 14.4. The molecule has 4 N–H and O–H groups in total. The minimum Gasteiger partial charge on any atom is -0.477 e. The lowest BCUT2D eigenvalue weighted by Crippen LogP contribution is -2.16. The van der Waals surface area contributed by atoms with Crippen LogP contribution in [0.4, 0.5) is 8.78 Å². The van der Waals surface area contributed by atoms with Gasteiger partial charge in [-0.15, -0.1) is 0 Å². The van der Waals surface area contributed by atoms with Crippen LogP contribution in [0.3, 0.4) is 0 Å². The van der Waals surface area contributed by atoms with Crippen LogP contribution < -0.4 is 10.3 Å². The van der Waals surface area contributed by atoms with Crippen LogP contribution in [-0.2, 0) is 6.54 Å². The molecule has 3 heterocycles. The third kappa shape index (κ3) is 3.19. The van der Waals surface area contributed by atoms with Gasteiger partial charge in [-0.1, -0.05) is 6.07 Å². The first-order valence-corrected chi connectivity index (χ1v) is 9.85. The van der Waals surface area contributed by atoms with E-state index in [2.05, 4.69) is 4.98 Å². The third-order valence-corrected chi connectivity index (χ3v) is 5.67. The van der Waals surface area contributed by atoms with Gasteiger partial charge < -0.3 is 29.6 Å². The van der Waals surface area contributed by atoms with Crippen LogP contribution in [0.2, 0.25) is 0 Å². The Morgan fingerprint density at radius 3 is 2.67 bits per heavy atom. The number of nitrogens with one attached hydrogen (secondary N) is 1. The van der Waals surface area contributed by atoms with E-state index in [1.807, 2.05) is 0 Å².